The minimum absolute atomic E-state index is 0.568. The fraction of sp³-hybridized carbons (Fsp3) is 0.625. The van der Waals surface area contributed by atoms with Crippen LogP contribution in [0.3, 0.4) is 0 Å². The third-order valence-corrected chi connectivity index (χ3v) is 5.19. The number of benzene rings is 1. The van der Waals surface area contributed by atoms with Gasteiger partial charge in [-0.1, -0.05) is 12.1 Å². The number of nitrogens with one attached hydrogen (secondary N) is 1. The minimum Gasteiger partial charge on any atom is -0.381 e. The van der Waals surface area contributed by atoms with E-state index in [1.807, 2.05) is 0 Å². The maximum absolute atomic E-state index is 5.56. The van der Waals surface area contributed by atoms with Crippen molar-refractivity contribution in [2.24, 2.45) is 5.92 Å². The lowest BCUT2D eigenvalue weighted by Crippen LogP contribution is -2.47. The van der Waals surface area contributed by atoms with Crippen molar-refractivity contribution in [3.8, 4) is 0 Å². The summed E-state index contributed by atoms with van der Waals surface area (Å²) in [7, 11) is 0. The van der Waals surface area contributed by atoms with E-state index >= 15 is 0 Å². The SMILES string of the molecule is Ic1ccc([C@H](C2CCOCC2)N2CCNCC2)cc1. The summed E-state index contributed by atoms with van der Waals surface area (Å²) in [5, 5.41) is 3.47. The molecule has 110 valence electrons. The van der Waals surface area contributed by atoms with Crippen LogP contribution in [0.15, 0.2) is 24.3 Å². The smallest absolute Gasteiger partial charge is 0.0469 e. The predicted molar refractivity (Wildman–Crippen MR) is 89.9 cm³/mol. The van der Waals surface area contributed by atoms with Gasteiger partial charge in [-0.15, -0.1) is 0 Å². The van der Waals surface area contributed by atoms with Crippen molar-refractivity contribution >= 4 is 22.6 Å². The van der Waals surface area contributed by atoms with Crippen LogP contribution in [-0.2, 0) is 4.74 Å². The Bertz CT molecular complexity index is 393. The van der Waals surface area contributed by atoms with Gasteiger partial charge in [0.05, 0.1) is 0 Å². The van der Waals surface area contributed by atoms with E-state index in [1.54, 1.807) is 0 Å². The molecule has 2 aliphatic rings. The molecule has 0 unspecified atom stereocenters. The third kappa shape index (κ3) is 3.53. The molecular formula is C16H23IN2O. The fourth-order valence-corrected chi connectivity index (χ4v) is 3.79. The van der Waals surface area contributed by atoms with Gasteiger partial charge in [-0.05, 0) is 59.0 Å². The molecular weight excluding hydrogens is 363 g/mol. The van der Waals surface area contributed by atoms with Gasteiger partial charge in [0.2, 0.25) is 0 Å². The first-order chi connectivity index (χ1) is 9.84. The molecule has 3 rings (SSSR count). The monoisotopic (exact) mass is 386 g/mol. The zero-order chi connectivity index (χ0) is 13.8. The van der Waals surface area contributed by atoms with Crippen molar-refractivity contribution in [3.05, 3.63) is 33.4 Å². The number of hydrogen-bond donors (Lipinski definition) is 1. The molecule has 1 aromatic rings. The van der Waals surface area contributed by atoms with Crippen LogP contribution < -0.4 is 5.32 Å². The van der Waals surface area contributed by atoms with E-state index in [0.717, 1.165) is 45.3 Å². The van der Waals surface area contributed by atoms with Crippen molar-refractivity contribution in [1.82, 2.24) is 10.2 Å². The Morgan fingerprint density at radius 1 is 1.10 bits per heavy atom. The Hall–Kier alpha value is -0.170. The van der Waals surface area contributed by atoms with Crippen molar-refractivity contribution < 1.29 is 4.74 Å². The van der Waals surface area contributed by atoms with Crippen LogP contribution in [0.4, 0.5) is 0 Å². The van der Waals surface area contributed by atoms with Crippen molar-refractivity contribution in [3.63, 3.8) is 0 Å². The highest BCUT2D eigenvalue weighted by molar-refractivity contribution is 14.1. The van der Waals surface area contributed by atoms with Crippen LogP contribution in [0.1, 0.15) is 24.4 Å². The maximum atomic E-state index is 5.56. The van der Waals surface area contributed by atoms with Gasteiger partial charge < -0.3 is 10.1 Å². The lowest BCUT2D eigenvalue weighted by molar-refractivity contribution is 0.0213. The average molecular weight is 386 g/mol. The van der Waals surface area contributed by atoms with E-state index in [2.05, 4.69) is 57.1 Å². The molecule has 0 saturated carbocycles. The topological polar surface area (TPSA) is 24.5 Å². The molecule has 2 saturated heterocycles. The van der Waals surface area contributed by atoms with E-state index in [4.69, 9.17) is 4.74 Å². The lowest BCUT2D eigenvalue weighted by atomic mass is 9.85. The molecule has 0 radical (unpaired) electrons. The Labute approximate surface area is 135 Å². The predicted octanol–water partition coefficient (Wildman–Crippen LogP) is 2.66. The molecule has 1 aromatic carbocycles. The maximum Gasteiger partial charge on any atom is 0.0469 e. The Balaban J connectivity index is 1.83. The van der Waals surface area contributed by atoms with Gasteiger partial charge in [-0.25, -0.2) is 0 Å². The van der Waals surface area contributed by atoms with Crippen molar-refractivity contribution in [2.75, 3.05) is 39.4 Å². The first-order valence-electron chi connectivity index (χ1n) is 7.62. The van der Waals surface area contributed by atoms with Crippen LogP contribution >= 0.6 is 22.6 Å². The second-order valence-electron chi connectivity index (χ2n) is 5.73. The van der Waals surface area contributed by atoms with Crippen LogP contribution in [0.5, 0.6) is 0 Å². The first-order valence-corrected chi connectivity index (χ1v) is 8.70. The quantitative estimate of drug-likeness (QED) is 0.809. The molecule has 3 nitrogen and oxygen atoms in total. The summed E-state index contributed by atoms with van der Waals surface area (Å²) < 4.78 is 6.88. The first kappa shape index (κ1) is 14.8. The van der Waals surface area contributed by atoms with Gasteiger partial charge in [0.1, 0.15) is 0 Å². The molecule has 4 heteroatoms. The number of nitrogens with zero attached hydrogens (tertiary/aromatic N) is 1. The van der Waals surface area contributed by atoms with Gasteiger partial charge in [0, 0.05) is 49.0 Å². The van der Waals surface area contributed by atoms with Crippen molar-refractivity contribution in [1.29, 1.82) is 0 Å². The summed E-state index contributed by atoms with van der Waals surface area (Å²) in [4.78, 5) is 2.68. The summed E-state index contributed by atoms with van der Waals surface area (Å²) in [6, 6.07) is 9.70. The molecule has 0 aromatic heterocycles. The molecule has 2 heterocycles. The normalized spacial score (nSPS) is 23.6. The minimum atomic E-state index is 0.568. The zero-order valence-electron chi connectivity index (χ0n) is 11.9. The number of hydrogen-bond acceptors (Lipinski definition) is 3. The van der Waals surface area contributed by atoms with Gasteiger partial charge in [0.15, 0.2) is 0 Å². The molecule has 2 aliphatic heterocycles. The second kappa shape index (κ2) is 7.20. The lowest BCUT2D eigenvalue weighted by Gasteiger charge is -2.41. The summed E-state index contributed by atoms with van der Waals surface area (Å²) in [5.74, 6) is 0.738. The molecule has 0 spiro atoms. The van der Waals surface area contributed by atoms with Gasteiger partial charge in [-0.2, -0.15) is 0 Å². The van der Waals surface area contributed by atoms with Crippen molar-refractivity contribution in [2.45, 2.75) is 18.9 Å². The van der Waals surface area contributed by atoms with E-state index in [1.165, 1.54) is 22.0 Å². The largest absolute Gasteiger partial charge is 0.381 e. The molecule has 1 N–H and O–H groups in total. The van der Waals surface area contributed by atoms with Crippen LogP contribution in [-0.4, -0.2) is 44.3 Å². The highest BCUT2D eigenvalue weighted by atomic mass is 127. The second-order valence-corrected chi connectivity index (χ2v) is 6.98. The average Bonchev–Trinajstić information content (AvgIpc) is 2.52. The van der Waals surface area contributed by atoms with Gasteiger partial charge in [0.25, 0.3) is 0 Å². The van der Waals surface area contributed by atoms with E-state index < -0.39 is 0 Å². The molecule has 2 fully saturated rings. The summed E-state index contributed by atoms with van der Waals surface area (Å²) >= 11 is 2.39. The number of halogens is 1. The van der Waals surface area contributed by atoms with Crippen LogP contribution in [0, 0.1) is 9.49 Å². The van der Waals surface area contributed by atoms with Crippen LogP contribution in [0.2, 0.25) is 0 Å². The number of piperazine rings is 1. The Kier molecular flexibility index (Phi) is 5.31. The van der Waals surface area contributed by atoms with E-state index in [9.17, 15) is 0 Å². The summed E-state index contributed by atoms with van der Waals surface area (Å²) in [6.07, 6.45) is 2.39. The zero-order valence-corrected chi connectivity index (χ0v) is 14.0. The summed E-state index contributed by atoms with van der Waals surface area (Å²) in [5.41, 5.74) is 1.49. The molecule has 1 atom stereocenters. The summed E-state index contributed by atoms with van der Waals surface area (Å²) in [6.45, 7) is 6.41. The van der Waals surface area contributed by atoms with Gasteiger partial charge in [-0.3, -0.25) is 4.90 Å². The van der Waals surface area contributed by atoms with E-state index in [0.29, 0.717) is 6.04 Å². The third-order valence-electron chi connectivity index (χ3n) is 4.47. The highest BCUT2D eigenvalue weighted by Gasteiger charge is 2.31. The Morgan fingerprint density at radius 3 is 2.40 bits per heavy atom. The van der Waals surface area contributed by atoms with Gasteiger partial charge >= 0.3 is 0 Å². The van der Waals surface area contributed by atoms with Crippen LogP contribution in [0.25, 0.3) is 0 Å². The standard InChI is InChI=1S/C16H23IN2O/c17-15-3-1-13(2-4-15)16(14-5-11-20-12-6-14)19-9-7-18-8-10-19/h1-4,14,16,18H,5-12H2/t16-/m1/s1. The number of rotatable bonds is 3. The Morgan fingerprint density at radius 2 is 1.75 bits per heavy atom. The molecule has 20 heavy (non-hydrogen) atoms. The highest BCUT2D eigenvalue weighted by Crippen LogP contribution is 2.35. The fourth-order valence-electron chi connectivity index (χ4n) is 3.43. The van der Waals surface area contributed by atoms with E-state index in [-0.39, 0.29) is 0 Å². The molecule has 0 bridgehead atoms. The number of ether oxygens (including phenoxy) is 1. The molecule has 0 amide bonds. The molecule has 0 aliphatic carbocycles.